The van der Waals surface area contributed by atoms with E-state index in [0.717, 1.165) is 16.7 Å². The molecule has 2 N–H and O–H groups in total. The normalized spacial score (nSPS) is 12.2. The summed E-state index contributed by atoms with van der Waals surface area (Å²) in [5.74, 6) is -0.0593. The summed E-state index contributed by atoms with van der Waals surface area (Å²) < 4.78 is 34.2. The van der Waals surface area contributed by atoms with Crippen molar-refractivity contribution in [3.8, 4) is 5.75 Å². The molecule has 6 nitrogen and oxygen atoms in total. The first-order chi connectivity index (χ1) is 15.7. The Hall–Kier alpha value is -2.87. The lowest BCUT2D eigenvalue weighted by atomic mass is 10.1. The largest absolute Gasteiger partial charge is 0.492 e. The molecule has 3 aromatic rings. The Labute approximate surface area is 200 Å². The van der Waals surface area contributed by atoms with Gasteiger partial charge in [0, 0.05) is 5.69 Å². The second kappa shape index (κ2) is 10.8. The summed E-state index contributed by atoms with van der Waals surface area (Å²) in [4.78, 5) is 13.1. The lowest BCUT2D eigenvalue weighted by Gasteiger charge is -2.19. The lowest BCUT2D eigenvalue weighted by molar-refractivity contribution is -0.117. The van der Waals surface area contributed by atoms with Crippen LogP contribution in [0, 0.1) is 13.8 Å². The maximum atomic E-state index is 13.2. The molecule has 0 saturated heterocycles. The van der Waals surface area contributed by atoms with E-state index in [-0.39, 0.29) is 16.3 Å². The highest BCUT2D eigenvalue weighted by molar-refractivity contribution is 7.89. The molecule has 0 fully saturated rings. The Morgan fingerprint density at radius 2 is 1.67 bits per heavy atom. The quantitative estimate of drug-likeness (QED) is 0.451. The Kier molecular flexibility index (Phi) is 8.13. The van der Waals surface area contributed by atoms with Crippen molar-refractivity contribution in [3.05, 3.63) is 88.4 Å². The Balaban J connectivity index is 1.88. The fourth-order valence-corrected chi connectivity index (χ4v) is 5.01. The van der Waals surface area contributed by atoms with Crippen LogP contribution in [0.3, 0.4) is 0 Å². The number of hydrogen-bond acceptors (Lipinski definition) is 4. The van der Waals surface area contributed by atoms with Crippen LogP contribution >= 0.6 is 11.6 Å². The van der Waals surface area contributed by atoms with Crippen LogP contribution in [0.25, 0.3) is 0 Å². The highest BCUT2D eigenvalue weighted by atomic mass is 35.5. The summed E-state index contributed by atoms with van der Waals surface area (Å²) in [6.45, 7) is 6.08. The topological polar surface area (TPSA) is 84.5 Å². The van der Waals surface area contributed by atoms with Gasteiger partial charge >= 0.3 is 0 Å². The van der Waals surface area contributed by atoms with Gasteiger partial charge in [-0.15, -0.1) is 0 Å². The summed E-state index contributed by atoms with van der Waals surface area (Å²) in [6.07, 6.45) is 0.182. The van der Waals surface area contributed by atoms with E-state index in [0.29, 0.717) is 18.0 Å². The number of amides is 1. The fraction of sp³-hybridized carbons (Fsp3) is 0.240. The van der Waals surface area contributed by atoms with Gasteiger partial charge in [0.15, 0.2) is 0 Å². The highest BCUT2D eigenvalue weighted by Crippen LogP contribution is 2.27. The molecule has 3 rings (SSSR count). The molecule has 0 aliphatic rings. The van der Waals surface area contributed by atoms with Crippen LogP contribution in [0.1, 0.15) is 23.6 Å². The summed E-state index contributed by atoms with van der Waals surface area (Å²) in [6, 6.07) is 18.1. The second-order valence-electron chi connectivity index (χ2n) is 7.75. The molecule has 0 heterocycles. The number of hydrogen-bond donors (Lipinski definition) is 2. The highest BCUT2D eigenvalue weighted by Gasteiger charge is 2.27. The zero-order chi connectivity index (χ0) is 24.0. The van der Waals surface area contributed by atoms with Gasteiger partial charge in [-0.05, 0) is 74.2 Å². The van der Waals surface area contributed by atoms with Crippen molar-refractivity contribution in [2.75, 3.05) is 11.9 Å². The number of rotatable bonds is 9. The Morgan fingerprint density at radius 3 is 2.27 bits per heavy atom. The van der Waals surface area contributed by atoms with Crippen molar-refractivity contribution in [3.63, 3.8) is 0 Å². The first-order valence-electron chi connectivity index (χ1n) is 10.6. The molecule has 0 spiro atoms. The third kappa shape index (κ3) is 6.81. The zero-order valence-corrected chi connectivity index (χ0v) is 20.3. The molecule has 3 aromatic carbocycles. The van der Waals surface area contributed by atoms with E-state index in [9.17, 15) is 13.2 Å². The van der Waals surface area contributed by atoms with Gasteiger partial charge < -0.3 is 10.1 Å². The van der Waals surface area contributed by atoms with Gasteiger partial charge in [-0.1, -0.05) is 48.0 Å². The fourth-order valence-electron chi connectivity index (χ4n) is 3.49. The average molecular weight is 487 g/mol. The van der Waals surface area contributed by atoms with Gasteiger partial charge in [0.1, 0.15) is 11.8 Å². The minimum atomic E-state index is -4.04. The van der Waals surface area contributed by atoms with Crippen LogP contribution in [0.4, 0.5) is 5.69 Å². The molecule has 0 aromatic heterocycles. The van der Waals surface area contributed by atoms with Crippen molar-refractivity contribution >= 4 is 33.2 Å². The van der Waals surface area contributed by atoms with Gasteiger partial charge in [0.25, 0.3) is 0 Å². The third-order valence-corrected chi connectivity index (χ3v) is 6.66. The second-order valence-corrected chi connectivity index (χ2v) is 9.88. The van der Waals surface area contributed by atoms with Crippen molar-refractivity contribution in [2.45, 2.75) is 38.1 Å². The number of aryl methyl sites for hydroxylation is 2. The van der Waals surface area contributed by atoms with E-state index < -0.39 is 22.0 Å². The van der Waals surface area contributed by atoms with E-state index in [1.165, 1.54) is 18.2 Å². The molecule has 174 valence electrons. The third-order valence-electron chi connectivity index (χ3n) is 4.90. The number of carbonyl (C=O) groups excluding carboxylic acids is 1. The number of halogens is 1. The molecule has 0 bridgehead atoms. The van der Waals surface area contributed by atoms with E-state index >= 15 is 0 Å². The van der Waals surface area contributed by atoms with Crippen molar-refractivity contribution < 1.29 is 17.9 Å². The number of nitrogens with one attached hydrogen (secondary N) is 2. The number of sulfonamides is 1. The van der Waals surface area contributed by atoms with Crippen LogP contribution in [0.15, 0.2) is 71.6 Å². The Morgan fingerprint density at radius 1 is 1.00 bits per heavy atom. The van der Waals surface area contributed by atoms with Crippen LogP contribution in [-0.2, 0) is 21.2 Å². The van der Waals surface area contributed by atoms with Gasteiger partial charge in [-0.2, -0.15) is 4.72 Å². The summed E-state index contributed by atoms with van der Waals surface area (Å²) in [5.41, 5.74) is 3.42. The van der Waals surface area contributed by atoms with Gasteiger partial charge in [-0.25, -0.2) is 8.42 Å². The molecular formula is C25H27ClN2O4S. The SMILES string of the molecule is CCOc1ccc(S(=O)(=O)N[C@@H](Cc2ccccc2)C(=O)Nc2cc(C)cc(C)c2)cc1Cl. The molecule has 0 aliphatic heterocycles. The predicted molar refractivity (Wildman–Crippen MR) is 131 cm³/mol. The molecule has 1 atom stereocenters. The number of anilines is 1. The van der Waals surface area contributed by atoms with Gasteiger partial charge in [0.2, 0.25) is 15.9 Å². The predicted octanol–water partition coefficient (Wildman–Crippen LogP) is 4.88. The summed E-state index contributed by atoms with van der Waals surface area (Å²) >= 11 is 6.18. The molecule has 1 amide bonds. The van der Waals surface area contributed by atoms with E-state index in [1.54, 1.807) is 0 Å². The van der Waals surface area contributed by atoms with Gasteiger partial charge in [0.05, 0.1) is 16.5 Å². The number of benzene rings is 3. The lowest BCUT2D eigenvalue weighted by Crippen LogP contribution is -2.45. The van der Waals surface area contributed by atoms with Crippen molar-refractivity contribution in [2.24, 2.45) is 0 Å². The first-order valence-corrected chi connectivity index (χ1v) is 12.4. The molecule has 0 unspecified atom stereocenters. The number of carbonyl (C=O) groups is 1. The number of ether oxygens (including phenoxy) is 1. The van der Waals surface area contributed by atoms with E-state index in [1.807, 2.05) is 69.3 Å². The van der Waals surface area contributed by atoms with Crippen molar-refractivity contribution in [1.29, 1.82) is 0 Å². The van der Waals surface area contributed by atoms with Gasteiger partial charge in [-0.3, -0.25) is 4.79 Å². The first kappa shape index (κ1) is 24.8. The standard InChI is InChI=1S/C25H27ClN2O4S/c1-4-32-24-11-10-21(16-22(24)26)33(30,31)28-23(15-19-8-6-5-7-9-19)25(29)27-20-13-17(2)12-18(3)14-20/h5-14,16,23,28H,4,15H2,1-3H3,(H,27,29)/t23-/m0/s1. The minimum absolute atomic E-state index is 0.0479. The molecule has 0 radical (unpaired) electrons. The van der Waals surface area contributed by atoms with Crippen molar-refractivity contribution in [1.82, 2.24) is 4.72 Å². The average Bonchev–Trinajstić information content (AvgIpc) is 2.74. The summed E-state index contributed by atoms with van der Waals surface area (Å²) in [7, 11) is -4.04. The van der Waals surface area contributed by atoms with E-state index in [2.05, 4.69) is 10.0 Å². The zero-order valence-electron chi connectivity index (χ0n) is 18.8. The van der Waals surface area contributed by atoms with Crippen LogP contribution in [0.2, 0.25) is 5.02 Å². The molecule has 8 heteroatoms. The smallest absolute Gasteiger partial charge is 0.242 e. The monoisotopic (exact) mass is 486 g/mol. The maximum Gasteiger partial charge on any atom is 0.242 e. The van der Waals surface area contributed by atoms with Crippen LogP contribution in [0.5, 0.6) is 5.75 Å². The van der Waals surface area contributed by atoms with Crippen LogP contribution < -0.4 is 14.8 Å². The Bertz CT molecular complexity index is 1210. The molecular weight excluding hydrogens is 460 g/mol. The molecule has 33 heavy (non-hydrogen) atoms. The van der Waals surface area contributed by atoms with Crippen LogP contribution in [-0.4, -0.2) is 27.0 Å². The minimum Gasteiger partial charge on any atom is -0.492 e. The molecule has 0 saturated carbocycles. The maximum absolute atomic E-state index is 13.2. The van der Waals surface area contributed by atoms with E-state index in [4.69, 9.17) is 16.3 Å². The summed E-state index contributed by atoms with van der Waals surface area (Å²) in [5, 5.41) is 3.02. The molecule has 0 aliphatic carbocycles.